The van der Waals surface area contributed by atoms with E-state index in [4.69, 9.17) is 5.73 Å². The zero-order chi connectivity index (χ0) is 11.8. The summed E-state index contributed by atoms with van der Waals surface area (Å²) >= 11 is 0. The molecule has 1 saturated heterocycles. The minimum Gasteiger partial charge on any atom is -0.326 e. The highest BCUT2D eigenvalue weighted by atomic mass is 15.3. The van der Waals surface area contributed by atoms with Gasteiger partial charge in [-0.25, -0.2) is 0 Å². The van der Waals surface area contributed by atoms with E-state index in [1.807, 2.05) is 0 Å². The lowest BCUT2D eigenvalue weighted by Crippen LogP contribution is -2.45. The smallest absolute Gasteiger partial charge is 0.0237 e. The SMILES string of the molecule is CCCCC(C)(CC)N1CC(N)C2(CC2)C1. The van der Waals surface area contributed by atoms with Crippen LogP contribution in [0.1, 0.15) is 59.3 Å². The van der Waals surface area contributed by atoms with E-state index < -0.39 is 0 Å². The van der Waals surface area contributed by atoms with Gasteiger partial charge in [-0.2, -0.15) is 0 Å². The molecule has 16 heavy (non-hydrogen) atoms. The summed E-state index contributed by atoms with van der Waals surface area (Å²) in [6.07, 6.45) is 8.00. The Morgan fingerprint density at radius 1 is 1.38 bits per heavy atom. The minimum atomic E-state index is 0.402. The number of rotatable bonds is 5. The molecule has 0 bridgehead atoms. The number of nitrogens with two attached hydrogens (primary N) is 1. The average molecular weight is 224 g/mol. The van der Waals surface area contributed by atoms with Crippen molar-refractivity contribution < 1.29 is 0 Å². The van der Waals surface area contributed by atoms with E-state index in [1.54, 1.807) is 0 Å². The van der Waals surface area contributed by atoms with Crippen molar-refractivity contribution >= 4 is 0 Å². The highest BCUT2D eigenvalue weighted by Gasteiger charge is 2.55. The van der Waals surface area contributed by atoms with Gasteiger partial charge in [0.1, 0.15) is 0 Å². The third kappa shape index (κ3) is 2.02. The number of nitrogens with zero attached hydrogens (tertiary/aromatic N) is 1. The Hall–Kier alpha value is -0.0800. The molecule has 1 aliphatic heterocycles. The Kier molecular flexibility index (Phi) is 3.33. The molecule has 2 nitrogen and oxygen atoms in total. The van der Waals surface area contributed by atoms with E-state index in [0.29, 0.717) is 17.0 Å². The second kappa shape index (κ2) is 4.30. The summed E-state index contributed by atoms with van der Waals surface area (Å²) in [5, 5.41) is 0. The van der Waals surface area contributed by atoms with Crippen molar-refractivity contribution in [1.82, 2.24) is 4.90 Å². The van der Waals surface area contributed by atoms with Crippen molar-refractivity contribution in [3.8, 4) is 0 Å². The van der Waals surface area contributed by atoms with Crippen molar-refractivity contribution in [1.29, 1.82) is 0 Å². The van der Waals surface area contributed by atoms with Gasteiger partial charge >= 0.3 is 0 Å². The Bertz CT molecular complexity index is 247. The van der Waals surface area contributed by atoms with E-state index in [9.17, 15) is 0 Å². The van der Waals surface area contributed by atoms with Crippen LogP contribution in [0.15, 0.2) is 0 Å². The maximum absolute atomic E-state index is 6.30. The van der Waals surface area contributed by atoms with Gasteiger partial charge in [0.2, 0.25) is 0 Å². The highest BCUT2D eigenvalue weighted by Crippen LogP contribution is 2.53. The summed E-state index contributed by atoms with van der Waals surface area (Å²) in [6.45, 7) is 9.46. The molecule has 1 aliphatic carbocycles. The topological polar surface area (TPSA) is 29.3 Å². The van der Waals surface area contributed by atoms with Crippen LogP contribution in [-0.4, -0.2) is 29.6 Å². The third-order valence-electron chi connectivity index (χ3n) is 5.20. The van der Waals surface area contributed by atoms with Crippen LogP contribution in [0.2, 0.25) is 0 Å². The molecule has 2 unspecified atom stereocenters. The van der Waals surface area contributed by atoms with Crippen molar-refractivity contribution in [3.63, 3.8) is 0 Å². The molecule has 2 aliphatic rings. The zero-order valence-electron chi connectivity index (χ0n) is 11.3. The summed E-state index contributed by atoms with van der Waals surface area (Å²) in [5.41, 5.74) is 7.24. The van der Waals surface area contributed by atoms with Gasteiger partial charge in [0.05, 0.1) is 0 Å². The third-order valence-corrected chi connectivity index (χ3v) is 5.20. The van der Waals surface area contributed by atoms with E-state index >= 15 is 0 Å². The Morgan fingerprint density at radius 2 is 2.06 bits per heavy atom. The molecule has 1 heterocycles. The maximum Gasteiger partial charge on any atom is 0.0237 e. The predicted molar refractivity (Wildman–Crippen MR) is 69.4 cm³/mol. The summed E-state index contributed by atoms with van der Waals surface area (Å²) in [4.78, 5) is 2.69. The quantitative estimate of drug-likeness (QED) is 0.778. The molecule has 1 saturated carbocycles. The molecule has 2 N–H and O–H groups in total. The molecule has 0 amide bonds. The number of hydrogen-bond acceptors (Lipinski definition) is 2. The Morgan fingerprint density at radius 3 is 2.50 bits per heavy atom. The molecular weight excluding hydrogens is 196 g/mol. The molecule has 0 aromatic heterocycles. The van der Waals surface area contributed by atoms with Crippen molar-refractivity contribution in [2.24, 2.45) is 11.1 Å². The van der Waals surface area contributed by atoms with Crippen LogP contribution in [0.5, 0.6) is 0 Å². The lowest BCUT2D eigenvalue weighted by Gasteiger charge is -2.38. The van der Waals surface area contributed by atoms with Crippen molar-refractivity contribution in [2.45, 2.75) is 70.9 Å². The van der Waals surface area contributed by atoms with E-state index in [1.165, 1.54) is 45.1 Å². The van der Waals surface area contributed by atoms with Crippen LogP contribution in [0.4, 0.5) is 0 Å². The fourth-order valence-electron chi connectivity index (χ4n) is 3.21. The largest absolute Gasteiger partial charge is 0.326 e. The monoisotopic (exact) mass is 224 g/mol. The first kappa shape index (κ1) is 12.4. The molecule has 0 aromatic rings. The van der Waals surface area contributed by atoms with Gasteiger partial charge in [-0.15, -0.1) is 0 Å². The lowest BCUT2D eigenvalue weighted by molar-refractivity contribution is 0.110. The van der Waals surface area contributed by atoms with Gasteiger partial charge in [0.25, 0.3) is 0 Å². The van der Waals surface area contributed by atoms with E-state index in [0.717, 1.165) is 6.54 Å². The summed E-state index contributed by atoms with van der Waals surface area (Å²) in [6, 6.07) is 0.444. The van der Waals surface area contributed by atoms with Gasteiger partial charge in [-0.05, 0) is 38.0 Å². The first-order valence-corrected chi connectivity index (χ1v) is 7.07. The second-order valence-electron chi connectivity index (χ2n) is 6.30. The molecule has 0 radical (unpaired) electrons. The van der Waals surface area contributed by atoms with Gasteiger partial charge in [0, 0.05) is 24.7 Å². The molecule has 2 rings (SSSR count). The second-order valence-corrected chi connectivity index (χ2v) is 6.30. The van der Waals surface area contributed by atoms with Crippen molar-refractivity contribution in [2.75, 3.05) is 13.1 Å². The molecule has 0 aromatic carbocycles. The number of likely N-dealkylation sites (tertiary alicyclic amines) is 1. The van der Waals surface area contributed by atoms with E-state index in [2.05, 4.69) is 25.7 Å². The fourth-order valence-corrected chi connectivity index (χ4v) is 3.21. The Balaban J connectivity index is 1.99. The average Bonchev–Trinajstić information content (AvgIpc) is 2.98. The predicted octanol–water partition coefficient (Wildman–Crippen LogP) is 2.77. The van der Waals surface area contributed by atoms with Gasteiger partial charge in [-0.3, -0.25) is 4.90 Å². The standard InChI is InChI=1S/C14H28N2/c1-4-6-7-13(3,5-2)16-10-12(15)14(11-16)8-9-14/h12H,4-11,15H2,1-3H3. The maximum atomic E-state index is 6.30. The summed E-state index contributed by atoms with van der Waals surface area (Å²) in [5.74, 6) is 0. The molecule has 2 fully saturated rings. The van der Waals surface area contributed by atoms with Crippen molar-refractivity contribution in [3.05, 3.63) is 0 Å². The van der Waals surface area contributed by atoms with E-state index in [-0.39, 0.29) is 0 Å². The molecular formula is C14H28N2. The lowest BCUT2D eigenvalue weighted by atomic mass is 9.90. The number of unbranched alkanes of at least 4 members (excludes halogenated alkanes) is 1. The minimum absolute atomic E-state index is 0.402. The van der Waals surface area contributed by atoms with Gasteiger partial charge in [0.15, 0.2) is 0 Å². The first-order chi connectivity index (χ1) is 7.56. The normalized spacial score (nSPS) is 31.9. The molecule has 2 atom stereocenters. The van der Waals surface area contributed by atoms with Crippen LogP contribution in [-0.2, 0) is 0 Å². The molecule has 1 spiro atoms. The van der Waals surface area contributed by atoms with Gasteiger partial charge < -0.3 is 5.73 Å². The summed E-state index contributed by atoms with van der Waals surface area (Å²) in [7, 11) is 0. The highest BCUT2D eigenvalue weighted by molar-refractivity contribution is 5.11. The summed E-state index contributed by atoms with van der Waals surface area (Å²) < 4.78 is 0. The van der Waals surface area contributed by atoms with Crippen LogP contribution < -0.4 is 5.73 Å². The fraction of sp³-hybridized carbons (Fsp3) is 1.00. The van der Waals surface area contributed by atoms with Crippen LogP contribution in [0.25, 0.3) is 0 Å². The first-order valence-electron chi connectivity index (χ1n) is 7.07. The Labute approximate surface area is 101 Å². The molecule has 94 valence electrons. The van der Waals surface area contributed by atoms with Crippen LogP contribution in [0, 0.1) is 5.41 Å². The molecule has 2 heteroatoms. The van der Waals surface area contributed by atoms with Gasteiger partial charge in [-0.1, -0.05) is 26.7 Å². The number of hydrogen-bond donors (Lipinski definition) is 1. The zero-order valence-corrected chi connectivity index (χ0v) is 11.3. The van der Waals surface area contributed by atoms with Crippen LogP contribution >= 0.6 is 0 Å². The van der Waals surface area contributed by atoms with Crippen LogP contribution in [0.3, 0.4) is 0 Å².